The van der Waals surface area contributed by atoms with Gasteiger partial charge in [-0.2, -0.15) is 0 Å². The zero-order valence-corrected chi connectivity index (χ0v) is 14.1. The summed E-state index contributed by atoms with van der Waals surface area (Å²) in [5.74, 6) is 1.58. The minimum absolute atomic E-state index is 0.137. The predicted octanol–water partition coefficient (Wildman–Crippen LogP) is 3.19. The lowest BCUT2D eigenvalue weighted by Crippen LogP contribution is -2.38. The largest absolute Gasteiger partial charge is 0.339 e. The van der Waals surface area contributed by atoms with Crippen molar-refractivity contribution >= 4 is 5.91 Å². The molecule has 0 unspecified atom stereocenters. The van der Waals surface area contributed by atoms with E-state index in [0.29, 0.717) is 12.0 Å². The molecule has 1 aromatic carbocycles. The Kier molecular flexibility index (Phi) is 4.46. The van der Waals surface area contributed by atoms with E-state index in [9.17, 15) is 4.79 Å². The fourth-order valence-corrected chi connectivity index (χ4v) is 3.24. The molecule has 1 amide bonds. The van der Waals surface area contributed by atoms with Gasteiger partial charge >= 0.3 is 0 Å². The maximum Gasteiger partial charge on any atom is 0.253 e. The zero-order valence-electron chi connectivity index (χ0n) is 14.1. The monoisotopic (exact) mass is 312 g/mol. The standard InChI is InChI=1S/C18H24N4O/c1-13(2)22-12-19-20-17(22)15-7-9-21(10-8-15)18(23)16-6-4-5-14(3)11-16/h4-6,11-13,15H,7-10H2,1-3H3. The van der Waals surface area contributed by atoms with E-state index in [2.05, 4.69) is 28.6 Å². The SMILES string of the molecule is Cc1cccc(C(=O)N2CCC(c3nncn3C(C)C)CC2)c1. The van der Waals surface area contributed by atoms with Crippen molar-refractivity contribution in [3.63, 3.8) is 0 Å². The number of hydrogen-bond acceptors (Lipinski definition) is 3. The van der Waals surface area contributed by atoms with E-state index >= 15 is 0 Å². The minimum atomic E-state index is 0.137. The van der Waals surface area contributed by atoms with E-state index in [1.807, 2.05) is 42.4 Å². The molecule has 5 nitrogen and oxygen atoms in total. The highest BCUT2D eigenvalue weighted by molar-refractivity contribution is 5.94. The van der Waals surface area contributed by atoms with Crippen LogP contribution in [0.3, 0.4) is 0 Å². The molecule has 23 heavy (non-hydrogen) atoms. The lowest BCUT2D eigenvalue weighted by molar-refractivity contribution is 0.0710. The van der Waals surface area contributed by atoms with Crippen LogP contribution < -0.4 is 0 Å². The van der Waals surface area contributed by atoms with E-state index in [0.717, 1.165) is 42.9 Å². The second-order valence-corrected chi connectivity index (χ2v) is 6.63. The lowest BCUT2D eigenvalue weighted by atomic mass is 9.95. The van der Waals surface area contributed by atoms with Crippen LogP contribution in [0.25, 0.3) is 0 Å². The molecular formula is C18H24N4O. The van der Waals surface area contributed by atoms with Crippen molar-refractivity contribution in [2.45, 2.75) is 45.6 Å². The van der Waals surface area contributed by atoms with Crippen molar-refractivity contribution in [2.24, 2.45) is 0 Å². The number of nitrogens with zero attached hydrogens (tertiary/aromatic N) is 4. The molecule has 2 aromatic rings. The molecule has 0 bridgehead atoms. The second kappa shape index (κ2) is 6.52. The first-order valence-corrected chi connectivity index (χ1v) is 8.31. The predicted molar refractivity (Wildman–Crippen MR) is 89.5 cm³/mol. The number of likely N-dealkylation sites (tertiary alicyclic amines) is 1. The minimum Gasteiger partial charge on any atom is -0.339 e. The summed E-state index contributed by atoms with van der Waals surface area (Å²) >= 11 is 0. The Balaban J connectivity index is 1.66. The van der Waals surface area contributed by atoms with E-state index in [1.165, 1.54) is 0 Å². The quantitative estimate of drug-likeness (QED) is 0.874. The molecule has 0 radical (unpaired) electrons. The number of carbonyl (C=O) groups is 1. The fourth-order valence-electron chi connectivity index (χ4n) is 3.24. The van der Waals surface area contributed by atoms with E-state index in [1.54, 1.807) is 0 Å². The zero-order chi connectivity index (χ0) is 16.4. The highest BCUT2D eigenvalue weighted by atomic mass is 16.2. The Morgan fingerprint density at radius 2 is 2.00 bits per heavy atom. The number of piperidine rings is 1. The first kappa shape index (κ1) is 15.7. The van der Waals surface area contributed by atoms with Crippen LogP contribution in [0, 0.1) is 6.92 Å². The first-order valence-electron chi connectivity index (χ1n) is 8.31. The Morgan fingerprint density at radius 3 is 2.65 bits per heavy atom. The average Bonchev–Trinajstić information content (AvgIpc) is 3.04. The lowest BCUT2D eigenvalue weighted by Gasteiger charge is -2.32. The van der Waals surface area contributed by atoms with Gasteiger partial charge in [0.2, 0.25) is 0 Å². The van der Waals surface area contributed by atoms with Crippen molar-refractivity contribution in [1.82, 2.24) is 19.7 Å². The third-order valence-electron chi connectivity index (χ3n) is 4.57. The van der Waals surface area contributed by atoms with Crippen molar-refractivity contribution < 1.29 is 4.79 Å². The van der Waals surface area contributed by atoms with Crippen LogP contribution in [0.5, 0.6) is 0 Å². The number of aromatic nitrogens is 3. The first-order chi connectivity index (χ1) is 11.1. The molecule has 1 aliphatic heterocycles. The maximum absolute atomic E-state index is 12.6. The topological polar surface area (TPSA) is 51.0 Å². The summed E-state index contributed by atoms with van der Waals surface area (Å²) in [5.41, 5.74) is 1.91. The molecule has 1 aromatic heterocycles. The summed E-state index contributed by atoms with van der Waals surface area (Å²) in [6.07, 6.45) is 3.70. The number of rotatable bonds is 3. The van der Waals surface area contributed by atoms with Crippen LogP contribution in [-0.2, 0) is 0 Å². The van der Waals surface area contributed by atoms with E-state index in [-0.39, 0.29) is 5.91 Å². The van der Waals surface area contributed by atoms with Crippen LogP contribution in [0.1, 0.15) is 60.4 Å². The molecule has 1 aliphatic rings. The van der Waals surface area contributed by atoms with Crippen molar-refractivity contribution in [3.8, 4) is 0 Å². The molecule has 1 fully saturated rings. The summed E-state index contributed by atoms with van der Waals surface area (Å²) in [6.45, 7) is 7.86. The molecule has 0 spiro atoms. The van der Waals surface area contributed by atoms with Gasteiger partial charge in [-0.15, -0.1) is 10.2 Å². The Hall–Kier alpha value is -2.17. The van der Waals surface area contributed by atoms with Gasteiger partial charge in [0.15, 0.2) is 0 Å². The van der Waals surface area contributed by atoms with Crippen LogP contribution in [0.2, 0.25) is 0 Å². The van der Waals surface area contributed by atoms with Gasteiger partial charge in [0.05, 0.1) is 0 Å². The van der Waals surface area contributed by atoms with Gasteiger partial charge in [0, 0.05) is 30.6 Å². The van der Waals surface area contributed by atoms with Crippen LogP contribution in [0.15, 0.2) is 30.6 Å². The van der Waals surface area contributed by atoms with Gasteiger partial charge in [-0.05, 0) is 45.7 Å². The summed E-state index contributed by atoms with van der Waals surface area (Å²) in [7, 11) is 0. The van der Waals surface area contributed by atoms with Gasteiger partial charge < -0.3 is 9.47 Å². The molecule has 3 rings (SSSR count). The number of aryl methyl sites for hydroxylation is 1. The van der Waals surface area contributed by atoms with Crippen molar-refractivity contribution in [2.75, 3.05) is 13.1 Å². The molecule has 0 N–H and O–H groups in total. The van der Waals surface area contributed by atoms with Gasteiger partial charge in [0.1, 0.15) is 12.2 Å². The highest BCUT2D eigenvalue weighted by Crippen LogP contribution is 2.28. The molecule has 5 heteroatoms. The molecule has 0 aliphatic carbocycles. The molecule has 2 heterocycles. The smallest absolute Gasteiger partial charge is 0.253 e. The summed E-state index contributed by atoms with van der Waals surface area (Å²) in [5, 5.41) is 8.37. The average molecular weight is 312 g/mol. The van der Waals surface area contributed by atoms with Crippen LogP contribution in [-0.4, -0.2) is 38.7 Å². The summed E-state index contributed by atoms with van der Waals surface area (Å²) in [4.78, 5) is 14.6. The molecule has 122 valence electrons. The number of benzene rings is 1. The highest BCUT2D eigenvalue weighted by Gasteiger charge is 2.27. The van der Waals surface area contributed by atoms with Crippen molar-refractivity contribution in [3.05, 3.63) is 47.5 Å². The Bertz CT molecular complexity index is 684. The third kappa shape index (κ3) is 3.28. The van der Waals surface area contributed by atoms with E-state index in [4.69, 9.17) is 0 Å². The van der Waals surface area contributed by atoms with Gasteiger partial charge in [0.25, 0.3) is 5.91 Å². The summed E-state index contributed by atoms with van der Waals surface area (Å²) < 4.78 is 2.14. The third-order valence-corrected chi connectivity index (χ3v) is 4.57. The fraction of sp³-hybridized carbons (Fsp3) is 0.500. The van der Waals surface area contributed by atoms with Gasteiger partial charge in [-0.1, -0.05) is 17.7 Å². The number of hydrogen-bond donors (Lipinski definition) is 0. The molecule has 1 saturated heterocycles. The Morgan fingerprint density at radius 1 is 1.26 bits per heavy atom. The second-order valence-electron chi connectivity index (χ2n) is 6.63. The summed E-state index contributed by atoms with van der Waals surface area (Å²) in [6, 6.07) is 8.19. The van der Waals surface area contributed by atoms with Crippen LogP contribution in [0.4, 0.5) is 0 Å². The number of carbonyl (C=O) groups excluding carboxylic acids is 1. The van der Waals surface area contributed by atoms with Gasteiger partial charge in [-0.25, -0.2) is 0 Å². The van der Waals surface area contributed by atoms with Crippen molar-refractivity contribution in [1.29, 1.82) is 0 Å². The molecule has 0 atom stereocenters. The Labute approximate surface area is 137 Å². The molecular weight excluding hydrogens is 288 g/mol. The normalized spacial score (nSPS) is 16.1. The van der Waals surface area contributed by atoms with E-state index < -0.39 is 0 Å². The number of amides is 1. The maximum atomic E-state index is 12.6. The van der Waals surface area contributed by atoms with Crippen LogP contribution >= 0.6 is 0 Å². The van der Waals surface area contributed by atoms with Gasteiger partial charge in [-0.3, -0.25) is 4.79 Å². The molecule has 0 saturated carbocycles.